The Morgan fingerprint density at radius 1 is 1.40 bits per heavy atom. The minimum atomic E-state index is -1.04. The summed E-state index contributed by atoms with van der Waals surface area (Å²) >= 11 is 0. The van der Waals surface area contributed by atoms with Crippen LogP contribution in [0.4, 0.5) is 0 Å². The first-order chi connectivity index (χ1) is 7.11. The fourth-order valence-electron chi connectivity index (χ4n) is 0.882. The van der Waals surface area contributed by atoms with Crippen molar-refractivity contribution in [1.82, 2.24) is 5.32 Å². The van der Waals surface area contributed by atoms with Gasteiger partial charge in [-0.2, -0.15) is 0 Å². The van der Waals surface area contributed by atoms with Gasteiger partial charge >= 0.3 is 5.97 Å². The van der Waals surface area contributed by atoms with Gasteiger partial charge in [0.05, 0.1) is 13.2 Å². The summed E-state index contributed by atoms with van der Waals surface area (Å²) in [5.74, 6) is -1.47. The molecular formula is C9H17NO5. The lowest BCUT2D eigenvalue weighted by molar-refractivity contribution is -0.142. The van der Waals surface area contributed by atoms with E-state index in [-0.39, 0.29) is 6.61 Å². The van der Waals surface area contributed by atoms with Crippen molar-refractivity contribution < 1.29 is 24.2 Å². The van der Waals surface area contributed by atoms with E-state index >= 15 is 0 Å². The number of rotatable bonds is 8. The molecule has 0 fully saturated rings. The number of hydrogen-bond acceptors (Lipinski definition) is 4. The van der Waals surface area contributed by atoms with Gasteiger partial charge in [-0.3, -0.25) is 4.79 Å². The first-order valence-electron chi connectivity index (χ1n) is 4.70. The van der Waals surface area contributed by atoms with E-state index in [4.69, 9.17) is 14.6 Å². The molecule has 0 rings (SSSR count). The fourth-order valence-corrected chi connectivity index (χ4v) is 0.882. The zero-order valence-electron chi connectivity index (χ0n) is 8.99. The van der Waals surface area contributed by atoms with Crippen LogP contribution in [0.5, 0.6) is 0 Å². The third-order valence-electron chi connectivity index (χ3n) is 1.71. The Morgan fingerprint density at radius 3 is 2.53 bits per heavy atom. The van der Waals surface area contributed by atoms with Gasteiger partial charge in [0.15, 0.2) is 0 Å². The molecule has 0 aromatic heterocycles. The van der Waals surface area contributed by atoms with Crippen LogP contribution in [0.25, 0.3) is 0 Å². The third kappa shape index (κ3) is 6.87. The minimum Gasteiger partial charge on any atom is -0.480 e. The normalized spacial score (nSPS) is 12.1. The average molecular weight is 219 g/mol. The number of hydrogen-bond donors (Lipinski definition) is 2. The smallest absolute Gasteiger partial charge is 0.326 e. The summed E-state index contributed by atoms with van der Waals surface area (Å²) in [5.41, 5.74) is 0. The Labute approximate surface area is 88.6 Å². The summed E-state index contributed by atoms with van der Waals surface area (Å²) in [6, 6.07) is -0.844. The van der Waals surface area contributed by atoms with Crippen LogP contribution in [0.15, 0.2) is 0 Å². The number of carbonyl (C=O) groups is 2. The highest BCUT2D eigenvalue weighted by Crippen LogP contribution is 1.90. The number of amides is 1. The monoisotopic (exact) mass is 219 g/mol. The molecule has 6 nitrogen and oxygen atoms in total. The summed E-state index contributed by atoms with van der Waals surface area (Å²) in [4.78, 5) is 21.7. The molecule has 0 aromatic rings. The van der Waals surface area contributed by atoms with E-state index in [9.17, 15) is 9.59 Å². The molecule has 6 heteroatoms. The molecule has 0 saturated carbocycles. The molecule has 0 aliphatic carbocycles. The standard InChI is InChI=1S/C9H17NO5/c1-3-7(9(12)13)10-8(11)6-15-5-4-14-2/h7H,3-6H2,1-2H3,(H,10,11)(H,12,13)/t7-/m1/s1. The van der Waals surface area contributed by atoms with Crippen LogP contribution >= 0.6 is 0 Å². The van der Waals surface area contributed by atoms with Crippen molar-refractivity contribution in [2.75, 3.05) is 26.9 Å². The predicted octanol–water partition coefficient (Wildman–Crippen LogP) is -0.371. The summed E-state index contributed by atoms with van der Waals surface area (Å²) in [6.45, 7) is 2.26. The van der Waals surface area contributed by atoms with E-state index in [1.165, 1.54) is 7.11 Å². The van der Waals surface area contributed by atoms with Gasteiger partial charge in [-0.15, -0.1) is 0 Å². The number of aliphatic carboxylic acids is 1. The number of ether oxygens (including phenoxy) is 2. The maximum atomic E-state index is 11.1. The van der Waals surface area contributed by atoms with Crippen LogP contribution in [-0.2, 0) is 19.1 Å². The summed E-state index contributed by atoms with van der Waals surface area (Å²) < 4.78 is 9.64. The van der Waals surface area contributed by atoms with E-state index in [2.05, 4.69) is 5.32 Å². The number of carbonyl (C=O) groups excluding carboxylic acids is 1. The van der Waals surface area contributed by atoms with Crippen molar-refractivity contribution in [2.24, 2.45) is 0 Å². The van der Waals surface area contributed by atoms with Gasteiger partial charge in [0.1, 0.15) is 12.6 Å². The predicted molar refractivity (Wildman–Crippen MR) is 52.6 cm³/mol. The van der Waals surface area contributed by atoms with Gasteiger partial charge in [0.25, 0.3) is 0 Å². The third-order valence-corrected chi connectivity index (χ3v) is 1.71. The fraction of sp³-hybridized carbons (Fsp3) is 0.778. The lowest BCUT2D eigenvalue weighted by Gasteiger charge is -2.12. The maximum Gasteiger partial charge on any atom is 0.326 e. The second kappa shape index (κ2) is 8.19. The van der Waals surface area contributed by atoms with Gasteiger partial charge in [-0.1, -0.05) is 6.92 Å². The van der Waals surface area contributed by atoms with Gasteiger partial charge in [-0.25, -0.2) is 4.79 Å². The minimum absolute atomic E-state index is 0.146. The van der Waals surface area contributed by atoms with E-state index in [1.54, 1.807) is 6.92 Å². The Hall–Kier alpha value is -1.14. The van der Waals surface area contributed by atoms with E-state index < -0.39 is 17.9 Å². The molecule has 1 amide bonds. The molecule has 0 bridgehead atoms. The molecular weight excluding hydrogens is 202 g/mol. The van der Waals surface area contributed by atoms with Crippen molar-refractivity contribution in [3.05, 3.63) is 0 Å². The van der Waals surface area contributed by atoms with Crippen molar-refractivity contribution in [1.29, 1.82) is 0 Å². The molecule has 0 saturated heterocycles. The molecule has 15 heavy (non-hydrogen) atoms. The van der Waals surface area contributed by atoms with Gasteiger partial charge in [0, 0.05) is 7.11 Å². The van der Waals surface area contributed by atoms with Crippen molar-refractivity contribution in [2.45, 2.75) is 19.4 Å². The molecule has 0 spiro atoms. The van der Waals surface area contributed by atoms with E-state index in [0.29, 0.717) is 19.6 Å². The molecule has 1 atom stereocenters. The molecule has 2 N–H and O–H groups in total. The largest absolute Gasteiger partial charge is 0.480 e. The van der Waals surface area contributed by atoms with Crippen LogP contribution in [0.3, 0.4) is 0 Å². The highest BCUT2D eigenvalue weighted by atomic mass is 16.5. The molecule has 0 unspecified atom stereocenters. The zero-order chi connectivity index (χ0) is 11.7. The number of carboxylic acid groups (broad SMARTS) is 1. The van der Waals surface area contributed by atoms with Gasteiger partial charge in [0.2, 0.25) is 5.91 Å². The van der Waals surface area contributed by atoms with Gasteiger partial charge in [-0.05, 0) is 6.42 Å². The van der Waals surface area contributed by atoms with E-state index in [1.807, 2.05) is 0 Å². The quantitative estimate of drug-likeness (QED) is 0.544. The first-order valence-corrected chi connectivity index (χ1v) is 4.70. The van der Waals surface area contributed by atoms with Crippen LogP contribution in [0, 0.1) is 0 Å². The van der Waals surface area contributed by atoms with Crippen molar-refractivity contribution >= 4 is 11.9 Å². The lowest BCUT2D eigenvalue weighted by Crippen LogP contribution is -2.42. The lowest BCUT2D eigenvalue weighted by atomic mass is 10.2. The molecule has 0 aliphatic rings. The molecule has 0 aliphatic heterocycles. The zero-order valence-corrected chi connectivity index (χ0v) is 8.99. The van der Waals surface area contributed by atoms with Crippen molar-refractivity contribution in [3.63, 3.8) is 0 Å². The number of carboxylic acids is 1. The highest BCUT2D eigenvalue weighted by molar-refractivity contribution is 5.84. The Bertz CT molecular complexity index is 207. The number of methoxy groups -OCH3 is 1. The molecule has 0 aromatic carbocycles. The topological polar surface area (TPSA) is 84.9 Å². The number of nitrogens with one attached hydrogen (secondary N) is 1. The Balaban J connectivity index is 3.67. The summed E-state index contributed by atoms with van der Waals surface area (Å²) in [7, 11) is 1.53. The summed E-state index contributed by atoms with van der Waals surface area (Å²) in [5, 5.41) is 11.0. The first kappa shape index (κ1) is 13.9. The highest BCUT2D eigenvalue weighted by Gasteiger charge is 2.16. The van der Waals surface area contributed by atoms with Crippen molar-refractivity contribution in [3.8, 4) is 0 Å². The van der Waals surface area contributed by atoms with Gasteiger partial charge < -0.3 is 19.9 Å². The van der Waals surface area contributed by atoms with Crippen LogP contribution in [0.1, 0.15) is 13.3 Å². The molecule has 0 heterocycles. The van der Waals surface area contributed by atoms with Crippen LogP contribution < -0.4 is 5.32 Å². The Kier molecular flexibility index (Phi) is 7.57. The summed E-state index contributed by atoms with van der Waals surface area (Å²) in [6.07, 6.45) is 0.346. The maximum absolute atomic E-state index is 11.1. The second-order valence-electron chi connectivity index (χ2n) is 2.91. The molecule has 0 radical (unpaired) electrons. The van der Waals surface area contributed by atoms with Crippen LogP contribution in [-0.4, -0.2) is 50.0 Å². The average Bonchev–Trinajstić information content (AvgIpc) is 2.20. The molecule has 88 valence electrons. The van der Waals surface area contributed by atoms with E-state index in [0.717, 1.165) is 0 Å². The Morgan fingerprint density at radius 2 is 2.07 bits per heavy atom. The SMILES string of the molecule is CC[C@@H](NC(=O)COCCOC)C(=O)O. The van der Waals surface area contributed by atoms with Crippen LogP contribution in [0.2, 0.25) is 0 Å². The second-order valence-corrected chi connectivity index (χ2v) is 2.91.